The van der Waals surface area contributed by atoms with Gasteiger partial charge in [0.1, 0.15) is 19.3 Å². The summed E-state index contributed by atoms with van der Waals surface area (Å²) in [5.74, 6) is 0.225. The summed E-state index contributed by atoms with van der Waals surface area (Å²) in [7, 11) is -9.93. The zero-order valence-electron chi connectivity index (χ0n) is 69.2. The number of phosphoric acid groups is 2. The highest BCUT2D eigenvalue weighted by molar-refractivity contribution is 7.47. The van der Waals surface area contributed by atoms with Crippen LogP contribution in [0.25, 0.3) is 0 Å². The predicted molar refractivity (Wildman–Crippen MR) is 432 cm³/mol. The maximum atomic E-state index is 13.1. The molecule has 0 radical (unpaired) electrons. The molecular weight excluding hydrogens is 1370 g/mol. The molecule has 105 heavy (non-hydrogen) atoms. The third-order valence-electron chi connectivity index (χ3n) is 20.1. The maximum Gasteiger partial charge on any atom is 0.472 e. The van der Waals surface area contributed by atoms with Crippen LogP contribution in [-0.4, -0.2) is 96.7 Å². The fourth-order valence-electron chi connectivity index (χ4n) is 13.4. The summed E-state index contributed by atoms with van der Waals surface area (Å²) in [5.41, 5.74) is 0. The first-order chi connectivity index (χ1) is 50.7. The first kappa shape index (κ1) is 103. The molecule has 0 rings (SSSR count). The van der Waals surface area contributed by atoms with Crippen LogP contribution in [0.15, 0.2) is 0 Å². The number of hydrogen-bond acceptors (Lipinski definition) is 15. The van der Waals surface area contributed by atoms with E-state index in [4.69, 9.17) is 37.0 Å². The van der Waals surface area contributed by atoms with Crippen LogP contribution < -0.4 is 0 Å². The largest absolute Gasteiger partial charge is 0.472 e. The normalized spacial score (nSPS) is 13.9. The van der Waals surface area contributed by atoms with Crippen molar-refractivity contribution >= 4 is 39.5 Å². The topological polar surface area (TPSA) is 237 Å². The number of phosphoric ester groups is 2. The summed E-state index contributed by atoms with van der Waals surface area (Å²) in [6.45, 7) is 12.0. The van der Waals surface area contributed by atoms with Crippen LogP contribution in [0.4, 0.5) is 0 Å². The Morgan fingerprint density at radius 1 is 0.257 bits per heavy atom. The van der Waals surface area contributed by atoms with Gasteiger partial charge in [0, 0.05) is 25.7 Å². The second-order valence-electron chi connectivity index (χ2n) is 32.4. The van der Waals surface area contributed by atoms with E-state index in [1.807, 2.05) is 0 Å². The highest BCUT2D eigenvalue weighted by Crippen LogP contribution is 2.45. The second-order valence-corrected chi connectivity index (χ2v) is 35.3. The third kappa shape index (κ3) is 79.9. The van der Waals surface area contributed by atoms with E-state index >= 15 is 0 Å². The quantitative estimate of drug-likeness (QED) is 0.0222. The molecule has 3 N–H and O–H groups in total. The van der Waals surface area contributed by atoms with Crippen LogP contribution >= 0.6 is 15.6 Å². The Bertz CT molecular complexity index is 2030. The Labute approximate surface area is 645 Å². The molecule has 0 aliphatic heterocycles. The molecule has 0 heterocycles. The van der Waals surface area contributed by atoms with Crippen molar-refractivity contribution in [3.63, 3.8) is 0 Å². The lowest BCUT2D eigenvalue weighted by Gasteiger charge is -2.21. The number of ether oxygens (including phenoxy) is 4. The second kappa shape index (κ2) is 76.1. The van der Waals surface area contributed by atoms with Gasteiger partial charge in [0.05, 0.1) is 26.4 Å². The summed E-state index contributed by atoms with van der Waals surface area (Å²) < 4.78 is 68.9. The summed E-state index contributed by atoms with van der Waals surface area (Å²) in [4.78, 5) is 73.3. The standard InChI is InChI=1S/C86H168O17P2/c1-8-9-10-11-12-13-14-15-16-17-18-19-20-21-28-33-40-48-55-62-69-85(90)102-81(73-96-83(88)67-60-53-46-39-32-27-23-22-25-30-36-43-50-57-64-77(2)3)75-100-104(92,93)98-71-80(87)72-99-105(94,95)101-76-82(74-97-84(89)68-61-54-47-42-35-38-45-52-59-66-79(6)7)103-86(91)70-63-56-49-41-34-29-24-26-31-37-44-51-58-65-78(4)5/h77-82,87H,8-76H2,1-7H3,(H,92,93)(H,94,95)/t80-,81-,82-/m1/s1. The summed E-state index contributed by atoms with van der Waals surface area (Å²) >= 11 is 0. The molecule has 0 spiro atoms. The van der Waals surface area contributed by atoms with Crippen LogP contribution in [0, 0.1) is 17.8 Å². The molecule has 17 nitrogen and oxygen atoms in total. The fourth-order valence-corrected chi connectivity index (χ4v) is 14.9. The molecule has 0 aliphatic rings. The van der Waals surface area contributed by atoms with Crippen molar-refractivity contribution in [2.24, 2.45) is 17.8 Å². The minimum atomic E-state index is -4.97. The third-order valence-corrected chi connectivity index (χ3v) is 22.0. The van der Waals surface area contributed by atoms with Crippen molar-refractivity contribution in [1.29, 1.82) is 0 Å². The van der Waals surface area contributed by atoms with Gasteiger partial charge < -0.3 is 33.8 Å². The maximum absolute atomic E-state index is 13.1. The van der Waals surface area contributed by atoms with Gasteiger partial charge in [0.2, 0.25) is 0 Å². The van der Waals surface area contributed by atoms with Gasteiger partial charge in [-0.15, -0.1) is 0 Å². The molecule has 0 aromatic carbocycles. The van der Waals surface area contributed by atoms with Gasteiger partial charge in [-0.2, -0.15) is 0 Å². The van der Waals surface area contributed by atoms with Crippen molar-refractivity contribution in [1.82, 2.24) is 0 Å². The number of unbranched alkanes of at least 4 members (excludes halogenated alkanes) is 52. The lowest BCUT2D eigenvalue weighted by atomic mass is 10.0. The van der Waals surface area contributed by atoms with E-state index < -0.39 is 97.5 Å². The van der Waals surface area contributed by atoms with E-state index in [-0.39, 0.29) is 25.7 Å². The molecule has 0 saturated carbocycles. The van der Waals surface area contributed by atoms with Gasteiger partial charge in [-0.1, -0.05) is 402 Å². The fraction of sp³-hybridized carbons (Fsp3) is 0.953. The number of esters is 4. The highest BCUT2D eigenvalue weighted by Gasteiger charge is 2.30. The summed E-state index contributed by atoms with van der Waals surface area (Å²) in [5, 5.41) is 10.7. The molecule has 5 atom stereocenters. The van der Waals surface area contributed by atoms with Crippen molar-refractivity contribution in [3.8, 4) is 0 Å². The molecule has 624 valence electrons. The minimum Gasteiger partial charge on any atom is -0.462 e. The lowest BCUT2D eigenvalue weighted by Crippen LogP contribution is -2.30. The van der Waals surface area contributed by atoms with Gasteiger partial charge in [-0.3, -0.25) is 37.3 Å². The van der Waals surface area contributed by atoms with Crippen LogP contribution in [0.1, 0.15) is 453 Å². The van der Waals surface area contributed by atoms with Gasteiger partial charge in [-0.25, -0.2) is 9.13 Å². The molecule has 0 amide bonds. The van der Waals surface area contributed by atoms with Gasteiger partial charge in [0.25, 0.3) is 0 Å². The van der Waals surface area contributed by atoms with Crippen molar-refractivity contribution < 1.29 is 80.2 Å². The first-order valence-corrected chi connectivity index (χ1v) is 47.3. The zero-order chi connectivity index (χ0) is 77.2. The first-order valence-electron chi connectivity index (χ1n) is 44.3. The number of rotatable bonds is 84. The van der Waals surface area contributed by atoms with Crippen molar-refractivity contribution in [2.75, 3.05) is 39.6 Å². The monoisotopic (exact) mass is 1540 g/mol. The number of aliphatic hydroxyl groups excluding tert-OH is 1. The summed E-state index contributed by atoms with van der Waals surface area (Å²) in [6.07, 6.45) is 66.6. The molecular formula is C86H168O17P2. The molecule has 0 aliphatic carbocycles. The Balaban J connectivity index is 5.26. The van der Waals surface area contributed by atoms with Gasteiger partial charge in [0.15, 0.2) is 12.2 Å². The van der Waals surface area contributed by atoms with E-state index in [0.717, 1.165) is 108 Å². The van der Waals surface area contributed by atoms with E-state index in [9.17, 15) is 43.2 Å². The molecule has 0 saturated heterocycles. The number of hydrogen-bond donors (Lipinski definition) is 3. The van der Waals surface area contributed by atoms with E-state index in [1.54, 1.807) is 0 Å². The van der Waals surface area contributed by atoms with E-state index in [0.29, 0.717) is 25.7 Å². The Hall–Kier alpha value is -1.94. The van der Waals surface area contributed by atoms with Gasteiger partial charge >= 0.3 is 39.5 Å². The van der Waals surface area contributed by atoms with E-state index in [1.165, 1.54) is 263 Å². The predicted octanol–water partition coefficient (Wildman–Crippen LogP) is 26.1. The van der Waals surface area contributed by atoms with Crippen molar-refractivity contribution in [3.05, 3.63) is 0 Å². The Morgan fingerprint density at radius 2 is 0.438 bits per heavy atom. The Kier molecular flexibility index (Phi) is 74.7. The van der Waals surface area contributed by atoms with Crippen LogP contribution in [0.2, 0.25) is 0 Å². The molecule has 0 aromatic rings. The molecule has 19 heteroatoms. The average Bonchev–Trinajstić information content (AvgIpc) is 0.906. The SMILES string of the molecule is CCCCCCCCCCCCCCCCCCCCCCC(=O)O[C@H](COC(=O)CCCCCCCCCCCCCCCCC(C)C)COP(=O)(O)OC[C@@H](O)COP(=O)(O)OC[C@@H](COC(=O)CCCCCCCCCCCC(C)C)OC(=O)CCCCCCCCCCCCCCCC(C)C. The van der Waals surface area contributed by atoms with Crippen LogP contribution in [0.3, 0.4) is 0 Å². The minimum absolute atomic E-state index is 0.107. The number of carbonyl (C=O) groups is 4. The van der Waals surface area contributed by atoms with E-state index in [2.05, 4.69) is 48.5 Å². The zero-order valence-corrected chi connectivity index (χ0v) is 71.0. The van der Waals surface area contributed by atoms with Gasteiger partial charge in [-0.05, 0) is 43.4 Å². The lowest BCUT2D eigenvalue weighted by molar-refractivity contribution is -0.161. The molecule has 0 bridgehead atoms. The average molecular weight is 1540 g/mol. The van der Waals surface area contributed by atoms with Crippen molar-refractivity contribution in [2.45, 2.75) is 471 Å². The summed E-state index contributed by atoms with van der Waals surface area (Å²) in [6, 6.07) is 0. The smallest absolute Gasteiger partial charge is 0.462 e. The highest BCUT2D eigenvalue weighted by atomic mass is 31.2. The van der Waals surface area contributed by atoms with Crippen LogP contribution in [0.5, 0.6) is 0 Å². The number of aliphatic hydroxyl groups is 1. The Morgan fingerprint density at radius 3 is 0.648 bits per heavy atom. The molecule has 2 unspecified atom stereocenters. The van der Waals surface area contributed by atoms with Crippen LogP contribution in [-0.2, 0) is 65.4 Å². The number of carbonyl (C=O) groups excluding carboxylic acids is 4. The molecule has 0 aromatic heterocycles. The molecule has 0 fully saturated rings.